The van der Waals surface area contributed by atoms with Crippen LogP contribution in [0.2, 0.25) is 0 Å². The second-order valence-corrected chi connectivity index (χ2v) is 6.27. The van der Waals surface area contributed by atoms with E-state index in [4.69, 9.17) is 4.74 Å². The van der Waals surface area contributed by atoms with Gasteiger partial charge in [0.2, 0.25) is 5.91 Å². The molecule has 0 unspecified atom stereocenters. The average molecular weight is 342 g/mol. The van der Waals surface area contributed by atoms with E-state index >= 15 is 0 Å². The highest BCUT2D eigenvalue weighted by Crippen LogP contribution is 2.21. The van der Waals surface area contributed by atoms with E-state index in [1.165, 1.54) is 11.0 Å². The Hall–Kier alpha value is -2.67. The van der Waals surface area contributed by atoms with Crippen LogP contribution in [0.15, 0.2) is 54.4 Å². The maximum atomic E-state index is 12.7. The number of hydrogen-bond donors (Lipinski definition) is 0. The van der Waals surface area contributed by atoms with Crippen molar-refractivity contribution >= 4 is 17.2 Å². The van der Waals surface area contributed by atoms with E-state index in [1.54, 1.807) is 24.8 Å². The zero-order valence-electron chi connectivity index (χ0n) is 13.3. The molecule has 0 aliphatic carbocycles. The topological polar surface area (TPSA) is 60.2 Å². The van der Waals surface area contributed by atoms with Crippen molar-refractivity contribution in [2.24, 2.45) is 0 Å². The maximum Gasteiger partial charge on any atom is 0.245 e. The molecule has 0 aliphatic heterocycles. The lowest BCUT2D eigenvalue weighted by Gasteiger charge is -2.23. The van der Waals surface area contributed by atoms with Crippen molar-refractivity contribution in [3.8, 4) is 5.75 Å². The minimum absolute atomic E-state index is 0.0141. The molecule has 6 nitrogen and oxygen atoms in total. The van der Waals surface area contributed by atoms with Crippen molar-refractivity contribution in [3.05, 3.63) is 64.9 Å². The fourth-order valence-corrected chi connectivity index (χ4v) is 3.13. The molecule has 1 amide bonds. The van der Waals surface area contributed by atoms with E-state index in [2.05, 4.69) is 10.1 Å². The summed E-state index contributed by atoms with van der Waals surface area (Å²) in [7, 11) is 1.64. The van der Waals surface area contributed by atoms with E-state index in [1.807, 2.05) is 46.7 Å². The molecule has 0 N–H and O–H groups in total. The standard InChI is InChI=1S/C17H18N4O2S/c1-23-16-7-3-2-5-14(16)9-20(10-15-6-4-8-24-15)17(22)11-21-13-18-12-19-21/h2-8,12-13H,9-11H2,1H3. The van der Waals surface area contributed by atoms with Crippen LogP contribution in [0, 0.1) is 0 Å². The van der Waals surface area contributed by atoms with Gasteiger partial charge in [-0.15, -0.1) is 11.3 Å². The van der Waals surface area contributed by atoms with Crippen molar-refractivity contribution in [2.75, 3.05) is 7.11 Å². The van der Waals surface area contributed by atoms with Crippen molar-refractivity contribution in [1.29, 1.82) is 0 Å². The van der Waals surface area contributed by atoms with Gasteiger partial charge >= 0.3 is 0 Å². The number of ether oxygens (including phenoxy) is 1. The van der Waals surface area contributed by atoms with Gasteiger partial charge in [-0.2, -0.15) is 5.10 Å². The predicted octanol–water partition coefficient (Wildman–Crippen LogP) is 2.58. The van der Waals surface area contributed by atoms with Gasteiger partial charge in [-0.25, -0.2) is 9.67 Å². The minimum atomic E-state index is -0.0141. The first-order valence-corrected chi connectivity index (χ1v) is 8.38. The van der Waals surface area contributed by atoms with E-state index in [0.29, 0.717) is 13.1 Å². The Morgan fingerprint density at radius 2 is 2.12 bits per heavy atom. The lowest BCUT2D eigenvalue weighted by Crippen LogP contribution is -2.33. The number of rotatable bonds is 7. The van der Waals surface area contributed by atoms with Crippen molar-refractivity contribution in [1.82, 2.24) is 19.7 Å². The number of aromatic nitrogens is 3. The van der Waals surface area contributed by atoms with Crippen LogP contribution in [0.5, 0.6) is 5.75 Å². The third kappa shape index (κ3) is 3.99. The number of methoxy groups -OCH3 is 1. The number of hydrogen-bond acceptors (Lipinski definition) is 5. The number of carbonyl (C=O) groups is 1. The SMILES string of the molecule is COc1ccccc1CN(Cc1cccs1)C(=O)Cn1cncn1. The number of carbonyl (C=O) groups excluding carboxylic acids is 1. The molecule has 0 fully saturated rings. The zero-order valence-corrected chi connectivity index (χ0v) is 14.1. The average Bonchev–Trinajstić information content (AvgIpc) is 3.28. The Kier molecular flexibility index (Phi) is 5.22. The number of thiophene rings is 1. The Balaban J connectivity index is 1.79. The Bertz CT molecular complexity index is 772. The summed E-state index contributed by atoms with van der Waals surface area (Å²) in [6, 6.07) is 11.8. The third-order valence-electron chi connectivity index (χ3n) is 3.60. The second-order valence-electron chi connectivity index (χ2n) is 5.23. The third-order valence-corrected chi connectivity index (χ3v) is 4.46. The molecule has 0 aliphatic rings. The van der Waals surface area contributed by atoms with E-state index in [9.17, 15) is 4.79 Å². The largest absolute Gasteiger partial charge is 0.496 e. The normalized spacial score (nSPS) is 10.5. The molecule has 0 spiro atoms. The molecule has 3 rings (SSSR count). The highest BCUT2D eigenvalue weighted by molar-refractivity contribution is 7.09. The number of benzene rings is 1. The van der Waals surface area contributed by atoms with Crippen LogP contribution in [-0.2, 0) is 24.4 Å². The quantitative estimate of drug-likeness (QED) is 0.662. The Labute approximate surface area is 144 Å². The lowest BCUT2D eigenvalue weighted by atomic mass is 10.2. The highest BCUT2D eigenvalue weighted by Gasteiger charge is 2.17. The van der Waals surface area contributed by atoms with Crippen LogP contribution in [-0.4, -0.2) is 32.7 Å². The van der Waals surface area contributed by atoms with Gasteiger partial charge in [-0.1, -0.05) is 24.3 Å². The van der Waals surface area contributed by atoms with Crippen LogP contribution in [0.3, 0.4) is 0 Å². The molecule has 24 heavy (non-hydrogen) atoms. The number of para-hydroxylation sites is 1. The van der Waals surface area contributed by atoms with Gasteiger partial charge in [-0.3, -0.25) is 4.79 Å². The molecule has 124 valence electrons. The minimum Gasteiger partial charge on any atom is -0.496 e. The van der Waals surface area contributed by atoms with Gasteiger partial charge in [0.1, 0.15) is 24.9 Å². The first-order valence-electron chi connectivity index (χ1n) is 7.50. The molecule has 0 bridgehead atoms. The lowest BCUT2D eigenvalue weighted by molar-refractivity contribution is -0.133. The maximum absolute atomic E-state index is 12.7. The van der Waals surface area contributed by atoms with E-state index in [0.717, 1.165) is 16.2 Å². The van der Waals surface area contributed by atoms with Crippen LogP contribution in [0.4, 0.5) is 0 Å². The molecule has 2 aromatic heterocycles. The first-order chi connectivity index (χ1) is 11.8. The molecular formula is C17H18N4O2S. The van der Waals surface area contributed by atoms with Gasteiger partial charge in [-0.05, 0) is 17.5 Å². The molecule has 2 heterocycles. The fraction of sp³-hybridized carbons (Fsp3) is 0.235. The van der Waals surface area contributed by atoms with Crippen LogP contribution < -0.4 is 4.74 Å². The molecule has 7 heteroatoms. The van der Waals surface area contributed by atoms with Crippen LogP contribution in [0.25, 0.3) is 0 Å². The summed E-state index contributed by atoms with van der Waals surface area (Å²) >= 11 is 1.64. The highest BCUT2D eigenvalue weighted by atomic mass is 32.1. The van der Waals surface area contributed by atoms with Crippen LogP contribution in [0.1, 0.15) is 10.4 Å². The molecule has 0 saturated carbocycles. The number of nitrogens with zero attached hydrogens (tertiary/aromatic N) is 4. The molecule has 1 aromatic carbocycles. The summed E-state index contributed by atoms with van der Waals surface area (Å²) in [6.07, 6.45) is 2.97. The predicted molar refractivity (Wildman–Crippen MR) is 91.6 cm³/mol. The molecule has 0 atom stereocenters. The van der Waals surface area contributed by atoms with Gasteiger partial charge in [0.05, 0.1) is 13.7 Å². The molecular weight excluding hydrogens is 324 g/mol. The Morgan fingerprint density at radius 1 is 1.25 bits per heavy atom. The molecule has 3 aromatic rings. The van der Waals surface area contributed by atoms with Gasteiger partial charge < -0.3 is 9.64 Å². The van der Waals surface area contributed by atoms with Crippen molar-refractivity contribution < 1.29 is 9.53 Å². The summed E-state index contributed by atoms with van der Waals surface area (Å²) in [5.41, 5.74) is 0.975. The number of amides is 1. The smallest absolute Gasteiger partial charge is 0.245 e. The summed E-state index contributed by atoms with van der Waals surface area (Å²) < 4.78 is 6.94. The summed E-state index contributed by atoms with van der Waals surface area (Å²) in [5.74, 6) is 0.766. The van der Waals surface area contributed by atoms with E-state index < -0.39 is 0 Å². The molecule has 0 radical (unpaired) electrons. The van der Waals surface area contributed by atoms with Crippen molar-refractivity contribution in [3.63, 3.8) is 0 Å². The first kappa shape index (κ1) is 16.2. The van der Waals surface area contributed by atoms with Crippen LogP contribution >= 0.6 is 11.3 Å². The summed E-state index contributed by atoms with van der Waals surface area (Å²) in [5, 5.41) is 6.02. The molecule has 0 saturated heterocycles. The van der Waals surface area contributed by atoms with E-state index in [-0.39, 0.29) is 12.5 Å². The fourth-order valence-electron chi connectivity index (χ4n) is 2.42. The van der Waals surface area contributed by atoms with Gasteiger partial charge in [0.15, 0.2) is 0 Å². The Morgan fingerprint density at radius 3 is 2.83 bits per heavy atom. The summed E-state index contributed by atoms with van der Waals surface area (Å²) in [6.45, 7) is 1.21. The summed E-state index contributed by atoms with van der Waals surface area (Å²) in [4.78, 5) is 19.6. The van der Waals surface area contributed by atoms with Gasteiger partial charge in [0.25, 0.3) is 0 Å². The zero-order chi connectivity index (χ0) is 16.8. The van der Waals surface area contributed by atoms with Crippen molar-refractivity contribution in [2.45, 2.75) is 19.6 Å². The van der Waals surface area contributed by atoms with Gasteiger partial charge in [0, 0.05) is 17.0 Å². The monoisotopic (exact) mass is 342 g/mol. The second kappa shape index (κ2) is 7.74.